The summed E-state index contributed by atoms with van der Waals surface area (Å²) in [7, 11) is 0. The number of anilines is 1. The summed E-state index contributed by atoms with van der Waals surface area (Å²) in [6, 6.07) is 14.3. The third kappa shape index (κ3) is 6.14. The van der Waals surface area contributed by atoms with Crippen molar-refractivity contribution < 1.29 is 14.7 Å². The molecule has 26 heavy (non-hydrogen) atoms. The van der Waals surface area contributed by atoms with E-state index in [9.17, 15) is 9.59 Å². The van der Waals surface area contributed by atoms with Crippen LogP contribution >= 0.6 is 11.8 Å². The van der Waals surface area contributed by atoms with Gasteiger partial charge in [0.2, 0.25) is 0 Å². The van der Waals surface area contributed by atoms with Gasteiger partial charge in [0.25, 0.3) is 5.91 Å². The van der Waals surface area contributed by atoms with Gasteiger partial charge in [0.05, 0.1) is 5.75 Å². The monoisotopic (exact) mass is 372 g/mol. The maximum Gasteiger partial charge on any atom is 0.303 e. The van der Waals surface area contributed by atoms with Crippen molar-refractivity contribution in [2.75, 3.05) is 11.1 Å². The summed E-state index contributed by atoms with van der Waals surface area (Å²) < 4.78 is 0. The molecule has 0 saturated carbocycles. The highest BCUT2D eigenvalue weighted by atomic mass is 32.2. The fraction of sp³-hybridized carbons (Fsp3) is 0.167. The van der Waals surface area contributed by atoms with E-state index in [4.69, 9.17) is 16.7 Å². The van der Waals surface area contributed by atoms with Gasteiger partial charge in [-0.05, 0) is 48.4 Å². The lowest BCUT2D eigenvalue weighted by molar-refractivity contribution is -0.136. The molecule has 0 heterocycles. The van der Waals surface area contributed by atoms with Crippen LogP contribution in [0.2, 0.25) is 0 Å². The second kappa shape index (κ2) is 9.47. The van der Waals surface area contributed by atoms with Crippen molar-refractivity contribution in [3.63, 3.8) is 0 Å². The molecular weight excluding hydrogens is 352 g/mol. The lowest BCUT2D eigenvalue weighted by Gasteiger charge is -2.07. The van der Waals surface area contributed by atoms with Crippen molar-refractivity contribution in [1.29, 1.82) is 0 Å². The van der Waals surface area contributed by atoms with Gasteiger partial charge >= 0.3 is 5.97 Å². The third-order valence-electron chi connectivity index (χ3n) is 3.51. The molecule has 2 rings (SSSR count). The molecule has 6 N–H and O–H groups in total. The zero-order valence-electron chi connectivity index (χ0n) is 14.0. The number of nitrogens with two attached hydrogens (primary N) is 2. The third-order valence-corrected chi connectivity index (χ3v) is 4.55. The maximum absolute atomic E-state index is 12.3. The van der Waals surface area contributed by atoms with E-state index >= 15 is 0 Å². The second-order valence-electron chi connectivity index (χ2n) is 5.48. The largest absolute Gasteiger partial charge is 0.481 e. The number of carboxylic acid groups (broad SMARTS) is 1. The number of nitrogens with one attached hydrogen (secondary N) is 1. The maximum atomic E-state index is 12.3. The van der Waals surface area contributed by atoms with Gasteiger partial charge < -0.3 is 22.0 Å². The molecule has 2 aromatic rings. The highest BCUT2D eigenvalue weighted by Crippen LogP contribution is 2.19. The lowest BCUT2D eigenvalue weighted by Crippen LogP contribution is -2.16. The number of carbonyl (C=O) groups is 2. The standard InChI is InChI=1S/C18H20N4O3S/c19-16(22-20)11-26-15-8-4-13(5-9-15)18(25)21-14-6-1-12(2-7-14)3-10-17(23)24/h1-2,4-9H,3,10-11,20H2,(H2,19,22)(H,21,25)(H,23,24). The number of carbonyl (C=O) groups excluding carboxylic acids is 1. The summed E-state index contributed by atoms with van der Waals surface area (Å²) in [5.41, 5.74) is 7.63. The van der Waals surface area contributed by atoms with Crippen LogP contribution in [0.3, 0.4) is 0 Å². The molecule has 0 aliphatic heterocycles. The minimum absolute atomic E-state index is 0.0822. The number of rotatable bonds is 8. The Morgan fingerprint density at radius 2 is 1.73 bits per heavy atom. The van der Waals surface area contributed by atoms with Gasteiger partial charge in [-0.25, -0.2) is 0 Å². The molecule has 0 saturated heterocycles. The molecule has 8 heteroatoms. The molecule has 0 unspecified atom stereocenters. The molecular formula is C18H20N4O3S. The molecule has 136 valence electrons. The van der Waals surface area contributed by atoms with Crippen LogP contribution < -0.4 is 16.9 Å². The van der Waals surface area contributed by atoms with Crippen LogP contribution in [0.4, 0.5) is 5.69 Å². The SMILES string of the molecule is N/N=C(\N)CSc1ccc(C(=O)Nc2ccc(CCC(=O)O)cc2)cc1. The van der Waals surface area contributed by atoms with Crippen molar-refractivity contribution in [3.05, 3.63) is 59.7 Å². The summed E-state index contributed by atoms with van der Waals surface area (Å²) >= 11 is 1.48. The van der Waals surface area contributed by atoms with Crippen LogP contribution in [0.15, 0.2) is 58.5 Å². The van der Waals surface area contributed by atoms with Gasteiger partial charge in [0.1, 0.15) is 5.84 Å². The van der Waals surface area contributed by atoms with Gasteiger partial charge in [0, 0.05) is 22.6 Å². The zero-order valence-corrected chi connectivity index (χ0v) is 14.8. The first-order valence-corrected chi connectivity index (χ1v) is 8.83. The summed E-state index contributed by atoms with van der Waals surface area (Å²) in [6.45, 7) is 0. The van der Waals surface area contributed by atoms with E-state index in [-0.39, 0.29) is 12.3 Å². The number of carboxylic acids is 1. The Labute approximate surface area is 155 Å². The van der Waals surface area contributed by atoms with Crippen LogP contribution in [0.5, 0.6) is 0 Å². The first kappa shape index (κ1) is 19.3. The first-order valence-electron chi connectivity index (χ1n) is 7.85. The van der Waals surface area contributed by atoms with Crippen LogP contribution in [0, 0.1) is 0 Å². The number of thioether (sulfide) groups is 1. The molecule has 0 aliphatic rings. The van der Waals surface area contributed by atoms with Gasteiger partial charge in [-0.2, -0.15) is 5.10 Å². The van der Waals surface area contributed by atoms with Crippen LogP contribution in [-0.2, 0) is 11.2 Å². The number of hydrogen-bond donors (Lipinski definition) is 4. The summed E-state index contributed by atoms with van der Waals surface area (Å²) in [5.74, 6) is 4.87. The smallest absolute Gasteiger partial charge is 0.303 e. The van der Waals surface area contributed by atoms with E-state index in [1.54, 1.807) is 24.3 Å². The minimum atomic E-state index is -0.831. The Morgan fingerprint density at radius 1 is 1.08 bits per heavy atom. The molecule has 0 atom stereocenters. The summed E-state index contributed by atoms with van der Waals surface area (Å²) in [4.78, 5) is 23.8. The highest BCUT2D eigenvalue weighted by Gasteiger charge is 2.07. The average molecular weight is 372 g/mol. The molecule has 2 aromatic carbocycles. The quantitative estimate of drug-likeness (QED) is 0.185. The number of amides is 1. The van der Waals surface area contributed by atoms with Gasteiger partial charge in [-0.15, -0.1) is 11.8 Å². The van der Waals surface area contributed by atoms with Gasteiger partial charge in [0.15, 0.2) is 0 Å². The number of aryl methyl sites for hydroxylation is 1. The minimum Gasteiger partial charge on any atom is -0.481 e. The van der Waals surface area contributed by atoms with E-state index < -0.39 is 5.97 Å². The van der Waals surface area contributed by atoms with Gasteiger partial charge in [-0.3, -0.25) is 9.59 Å². The van der Waals surface area contributed by atoms with Crippen molar-refractivity contribution in [2.45, 2.75) is 17.7 Å². The molecule has 0 spiro atoms. The van der Waals surface area contributed by atoms with Crippen LogP contribution in [0.1, 0.15) is 22.3 Å². The Bertz CT molecular complexity index is 789. The summed E-state index contributed by atoms with van der Waals surface area (Å²) in [6.07, 6.45) is 0.543. The number of nitrogens with zero attached hydrogens (tertiary/aromatic N) is 1. The number of aliphatic carboxylic acids is 1. The van der Waals surface area contributed by atoms with Gasteiger partial charge in [-0.1, -0.05) is 12.1 Å². The second-order valence-corrected chi connectivity index (χ2v) is 6.53. The summed E-state index contributed by atoms with van der Waals surface area (Å²) in [5, 5.41) is 14.9. The van der Waals surface area contributed by atoms with Crippen molar-refractivity contribution in [1.82, 2.24) is 0 Å². The zero-order chi connectivity index (χ0) is 18.9. The highest BCUT2D eigenvalue weighted by molar-refractivity contribution is 8.00. The molecule has 1 amide bonds. The van der Waals surface area contributed by atoms with Crippen LogP contribution in [0.25, 0.3) is 0 Å². The van der Waals surface area contributed by atoms with E-state index in [2.05, 4.69) is 10.4 Å². The lowest BCUT2D eigenvalue weighted by atomic mass is 10.1. The number of hydrazone groups is 1. The molecule has 0 aliphatic carbocycles. The predicted octanol–water partition coefficient (Wildman–Crippen LogP) is 2.28. The number of hydrogen-bond acceptors (Lipinski definition) is 5. The van der Waals surface area contributed by atoms with Crippen molar-refractivity contribution in [2.24, 2.45) is 16.7 Å². The average Bonchev–Trinajstić information content (AvgIpc) is 2.65. The molecule has 0 fully saturated rings. The molecule has 0 bridgehead atoms. The Morgan fingerprint density at radius 3 is 2.31 bits per heavy atom. The Hall–Kier alpha value is -3.00. The van der Waals surface area contributed by atoms with E-state index in [0.29, 0.717) is 29.3 Å². The van der Waals surface area contributed by atoms with E-state index in [1.807, 2.05) is 24.3 Å². The molecule has 0 radical (unpaired) electrons. The topological polar surface area (TPSA) is 131 Å². The first-order chi connectivity index (χ1) is 12.5. The van der Waals surface area contributed by atoms with E-state index in [0.717, 1.165) is 10.5 Å². The number of amidine groups is 1. The van der Waals surface area contributed by atoms with Crippen molar-refractivity contribution in [3.8, 4) is 0 Å². The normalized spacial score (nSPS) is 11.2. The fourth-order valence-electron chi connectivity index (χ4n) is 2.11. The van der Waals surface area contributed by atoms with E-state index in [1.165, 1.54) is 11.8 Å². The Balaban J connectivity index is 1.91. The van der Waals surface area contributed by atoms with Crippen LogP contribution in [-0.4, -0.2) is 28.6 Å². The predicted molar refractivity (Wildman–Crippen MR) is 103 cm³/mol. The molecule has 0 aromatic heterocycles. The number of benzene rings is 2. The molecule has 7 nitrogen and oxygen atoms in total. The van der Waals surface area contributed by atoms with Crippen molar-refractivity contribution >= 4 is 35.2 Å². The fourth-order valence-corrected chi connectivity index (χ4v) is 2.82. The Kier molecular flexibility index (Phi) is 7.04.